The Kier molecular flexibility index (Phi) is 6.98. The Morgan fingerprint density at radius 3 is 1.67 bits per heavy atom. The number of benzene rings is 9. The first-order chi connectivity index (χ1) is 30.9. The lowest BCUT2D eigenvalue weighted by Crippen LogP contribution is -2.61. The van der Waals surface area contributed by atoms with Gasteiger partial charge in [-0.25, -0.2) is 0 Å². The fourth-order valence-corrected chi connectivity index (χ4v) is 10.8. The molecule has 0 aromatic heterocycles. The van der Waals surface area contributed by atoms with Crippen LogP contribution in [0.25, 0.3) is 21.9 Å². The molecule has 0 saturated heterocycles. The molecule has 0 atom stereocenters. The van der Waals surface area contributed by atoms with Gasteiger partial charge in [-0.2, -0.15) is 0 Å². The number of rotatable bonds is 4. The third kappa shape index (κ3) is 4.97. The molecule has 0 amide bonds. The highest BCUT2D eigenvalue weighted by Crippen LogP contribution is 2.56. The molecule has 296 valence electrons. The summed E-state index contributed by atoms with van der Waals surface area (Å²) in [4.78, 5) is 0. The van der Waals surface area contributed by atoms with Gasteiger partial charge in [0.25, 0.3) is 13.4 Å². The summed E-state index contributed by atoms with van der Waals surface area (Å²) in [6.45, 7) is 4.28. The fourth-order valence-electron chi connectivity index (χ4n) is 10.8. The van der Waals surface area contributed by atoms with Crippen molar-refractivity contribution in [3.05, 3.63) is 181 Å². The summed E-state index contributed by atoms with van der Waals surface area (Å²) in [5.41, 5.74) is 10.6. The normalized spacial score (nSPS) is 14.4. The number of para-hydroxylation sites is 4. The molecule has 4 aliphatic heterocycles. The van der Waals surface area contributed by atoms with Crippen LogP contribution < -0.4 is 61.2 Å². The van der Waals surface area contributed by atoms with Crippen LogP contribution in [0.3, 0.4) is 0 Å². The smallest absolute Gasteiger partial charge is 0.260 e. The van der Waals surface area contributed by atoms with Crippen molar-refractivity contribution in [3.8, 4) is 80.1 Å². The molecule has 0 bridgehead atoms. The van der Waals surface area contributed by atoms with E-state index in [0.29, 0.717) is 0 Å². The Morgan fingerprint density at radius 1 is 0.397 bits per heavy atom. The SMILES string of the molecule is CC1(C)c2cc(Oc3ccccc3)ccc2-c2cc3c4c(c21)Oc1ccccc1B4c1cc2c(cc1O3)Oc1c3c(cc4cc(Oc5ccccc5)ccc14)Oc1ccccc1B23. The zero-order valence-corrected chi connectivity index (χ0v) is 34.3. The second kappa shape index (κ2) is 12.6. The summed E-state index contributed by atoms with van der Waals surface area (Å²) in [6.07, 6.45) is 0. The zero-order valence-electron chi connectivity index (χ0n) is 34.3. The van der Waals surface area contributed by atoms with Gasteiger partial charge in [-0.3, -0.25) is 0 Å². The molecule has 1 aliphatic carbocycles. The zero-order chi connectivity index (χ0) is 41.6. The second-order valence-electron chi connectivity index (χ2n) is 17.5. The van der Waals surface area contributed by atoms with Gasteiger partial charge in [-0.15, -0.1) is 0 Å². The van der Waals surface area contributed by atoms with Crippen LogP contribution in [0, 0.1) is 0 Å². The molecule has 14 rings (SSSR count). The summed E-state index contributed by atoms with van der Waals surface area (Å²) in [6, 6.07) is 57.9. The van der Waals surface area contributed by atoms with E-state index in [1.807, 2.05) is 72.8 Å². The molecule has 63 heavy (non-hydrogen) atoms. The van der Waals surface area contributed by atoms with Gasteiger partial charge in [0.05, 0.1) is 0 Å². The first-order valence-electron chi connectivity index (χ1n) is 21.4. The summed E-state index contributed by atoms with van der Waals surface area (Å²) in [5.74, 6) is 9.52. The molecular formula is C55H34B2O6. The summed E-state index contributed by atoms with van der Waals surface area (Å²) >= 11 is 0. The lowest BCUT2D eigenvalue weighted by Gasteiger charge is -2.38. The largest absolute Gasteiger partial charge is 0.458 e. The van der Waals surface area contributed by atoms with Crippen molar-refractivity contribution in [1.82, 2.24) is 0 Å². The minimum atomic E-state index is -0.394. The lowest BCUT2D eigenvalue weighted by molar-refractivity contribution is 0.448. The number of fused-ring (bicyclic) bond motifs is 14. The molecule has 9 aromatic carbocycles. The maximum atomic E-state index is 7.11. The van der Waals surface area contributed by atoms with Crippen molar-refractivity contribution < 1.29 is 28.4 Å². The van der Waals surface area contributed by atoms with E-state index in [2.05, 4.69) is 111 Å². The highest BCUT2D eigenvalue weighted by Gasteiger charge is 2.49. The van der Waals surface area contributed by atoms with E-state index < -0.39 is 5.41 Å². The highest BCUT2D eigenvalue weighted by atomic mass is 16.5. The van der Waals surface area contributed by atoms with Crippen molar-refractivity contribution in [1.29, 1.82) is 0 Å². The van der Waals surface area contributed by atoms with Crippen LogP contribution in [0.1, 0.15) is 25.0 Å². The molecule has 0 saturated carbocycles. The second-order valence-corrected chi connectivity index (χ2v) is 17.5. The number of hydrogen-bond donors (Lipinski definition) is 0. The standard InChI is InChI=1S/C55H34B2O6/c1-55(2)39-27-35(59-33-15-7-4-8-16-33)22-24-37(39)38-28-49-52-54(50(38)55)62-45-20-12-10-18-41(45)57(52)42-29-43-47(30-46(42)61-49)63-53-36-23-21-34(58-32-13-5-3-6-14-32)25-31(36)26-48-51(53)56(43)40-17-9-11-19-44(40)60-48/h3-30H,1-2H3. The average Bonchev–Trinajstić information content (AvgIpc) is 3.53. The van der Waals surface area contributed by atoms with Gasteiger partial charge in [0.1, 0.15) is 69.0 Å². The Balaban J connectivity index is 0.941. The quantitative estimate of drug-likeness (QED) is 0.165. The Bertz CT molecular complexity index is 3460. The first-order valence-corrected chi connectivity index (χ1v) is 21.4. The molecule has 8 heteroatoms. The Morgan fingerprint density at radius 2 is 0.952 bits per heavy atom. The monoisotopic (exact) mass is 812 g/mol. The molecule has 0 fully saturated rings. The number of ether oxygens (including phenoxy) is 6. The fraction of sp³-hybridized carbons (Fsp3) is 0.0545. The molecule has 0 spiro atoms. The molecular weight excluding hydrogens is 778 g/mol. The van der Waals surface area contributed by atoms with Gasteiger partial charge < -0.3 is 28.4 Å². The van der Waals surface area contributed by atoms with E-state index in [0.717, 1.165) is 129 Å². The Labute approximate surface area is 364 Å². The molecule has 0 radical (unpaired) electrons. The lowest BCUT2D eigenvalue weighted by atomic mass is 9.31. The maximum absolute atomic E-state index is 7.11. The summed E-state index contributed by atoms with van der Waals surface area (Å²) in [5, 5.41) is 1.94. The van der Waals surface area contributed by atoms with Crippen molar-refractivity contribution in [2.45, 2.75) is 19.3 Å². The predicted molar refractivity (Wildman–Crippen MR) is 250 cm³/mol. The van der Waals surface area contributed by atoms with E-state index in [9.17, 15) is 0 Å². The highest BCUT2D eigenvalue weighted by molar-refractivity contribution is 7.01. The van der Waals surface area contributed by atoms with E-state index in [1.54, 1.807) is 0 Å². The van der Waals surface area contributed by atoms with Crippen LogP contribution in [0.5, 0.6) is 69.0 Å². The van der Waals surface area contributed by atoms with Crippen LogP contribution in [-0.2, 0) is 5.41 Å². The maximum Gasteiger partial charge on any atom is 0.260 e. The molecule has 0 unspecified atom stereocenters. The third-order valence-electron chi connectivity index (χ3n) is 13.5. The van der Waals surface area contributed by atoms with Gasteiger partial charge in [0.2, 0.25) is 0 Å². The topological polar surface area (TPSA) is 55.4 Å². The van der Waals surface area contributed by atoms with Crippen molar-refractivity contribution in [2.24, 2.45) is 0 Å². The van der Waals surface area contributed by atoms with E-state index in [1.165, 1.54) is 5.56 Å². The van der Waals surface area contributed by atoms with Crippen LogP contribution in [0.15, 0.2) is 170 Å². The van der Waals surface area contributed by atoms with Crippen molar-refractivity contribution >= 4 is 57.0 Å². The summed E-state index contributed by atoms with van der Waals surface area (Å²) in [7, 11) is 0. The van der Waals surface area contributed by atoms with Gasteiger partial charge in [0, 0.05) is 33.4 Å². The van der Waals surface area contributed by atoms with Crippen LogP contribution >= 0.6 is 0 Å². The molecule has 6 nitrogen and oxygen atoms in total. The average molecular weight is 812 g/mol. The van der Waals surface area contributed by atoms with E-state index in [4.69, 9.17) is 28.4 Å². The van der Waals surface area contributed by atoms with Crippen molar-refractivity contribution in [2.75, 3.05) is 0 Å². The van der Waals surface area contributed by atoms with Crippen LogP contribution in [0.2, 0.25) is 0 Å². The molecule has 4 heterocycles. The van der Waals surface area contributed by atoms with E-state index >= 15 is 0 Å². The van der Waals surface area contributed by atoms with Gasteiger partial charge in [0.15, 0.2) is 0 Å². The van der Waals surface area contributed by atoms with E-state index in [-0.39, 0.29) is 13.4 Å². The predicted octanol–water partition coefficient (Wildman–Crippen LogP) is 10.2. The van der Waals surface area contributed by atoms with Crippen LogP contribution in [-0.4, -0.2) is 13.4 Å². The summed E-state index contributed by atoms with van der Waals surface area (Å²) < 4.78 is 40.7. The molecule has 0 N–H and O–H groups in total. The van der Waals surface area contributed by atoms with Gasteiger partial charge in [-0.1, -0.05) is 98.8 Å². The first kappa shape index (κ1) is 34.8. The van der Waals surface area contributed by atoms with Gasteiger partial charge in [-0.05, 0) is 123 Å². The minimum Gasteiger partial charge on any atom is -0.458 e. The van der Waals surface area contributed by atoms with Gasteiger partial charge >= 0.3 is 0 Å². The third-order valence-corrected chi connectivity index (χ3v) is 13.5. The molecule has 9 aromatic rings. The minimum absolute atomic E-state index is 0.143. The van der Waals surface area contributed by atoms with Crippen molar-refractivity contribution in [3.63, 3.8) is 0 Å². The number of hydrogen-bond acceptors (Lipinski definition) is 6. The van der Waals surface area contributed by atoms with Crippen LogP contribution in [0.4, 0.5) is 0 Å². The Hall–Kier alpha value is -7.83. The molecule has 5 aliphatic rings.